The molecule has 180 valence electrons. The fourth-order valence-electron chi connectivity index (χ4n) is 6.16. The molecule has 1 aliphatic carbocycles. The first-order valence-corrected chi connectivity index (χ1v) is 12.9. The van der Waals surface area contributed by atoms with Crippen LogP contribution in [0.2, 0.25) is 5.02 Å². The summed E-state index contributed by atoms with van der Waals surface area (Å²) in [5.74, 6) is 2.00. The number of ether oxygens (including phenoxy) is 1. The molecule has 3 heterocycles. The summed E-state index contributed by atoms with van der Waals surface area (Å²) < 4.78 is 6.09. The number of nitrogens with one attached hydrogen (secondary N) is 1. The third-order valence-electron chi connectivity index (χ3n) is 8.09. The Kier molecular flexibility index (Phi) is 5.48. The van der Waals surface area contributed by atoms with Gasteiger partial charge in [0.1, 0.15) is 11.4 Å². The number of aryl methyl sites for hydroxylation is 1. The fraction of sp³-hybridized carbons (Fsp3) is 0.379. The van der Waals surface area contributed by atoms with Crippen molar-refractivity contribution in [1.82, 2.24) is 9.97 Å². The molecule has 6 heteroatoms. The highest BCUT2D eigenvalue weighted by Crippen LogP contribution is 2.49. The summed E-state index contributed by atoms with van der Waals surface area (Å²) in [5.41, 5.74) is 10.9. The molecule has 0 radical (unpaired) electrons. The number of nitrogens with two attached hydrogens (primary N) is 1. The standard InChI is InChI=1S/C29H31ClN4O/c1-16-12-23-25(30)26(21-9-8-19-6-4-5-7-20(19)14-21)33-28(23)34-27(16)32-18(3)13-22-10-11-24-17(2)15-35-29(22,24)31/h4-9,12,14,17,22,24H,10-11,13,15,31H2,1-3H3,(H,33,34)/t17?,22?,24-,29-/m1/s1. The number of H-pyrrole nitrogens is 1. The van der Waals surface area contributed by atoms with Gasteiger partial charge >= 0.3 is 0 Å². The maximum Gasteiger partial charge on any atom is 0.157 e. The number of aromatic nitrogens is 2. The van der Waals surface area contributed by atoms with Gasteiger partial charge in [-0.3, -0.25) is 0 Å². The van der Waals surface area contributed by atoms with Crippen molar-refractivity contribution < 1.29 is 4.74 Å². The predicted octanol–water partition coefficient (Wildman–Crippen LogP) is 7.17. The van der Waals surface area contributed by atoms with Crippen LogP contribution in [-0.2, 0) is 4.74 Å². The second-order valence-corrected chi connectivity index (χ2v) is 10.9. The summed E-state index contributed by atoms with van der Waals surface area (Å²) in [4.78, 5) is 13.2. The number of aliphatic imine (C=N–C) groups is 1. The average molecular weight is 487 g/mol. The van der Waals surface area contributed by atoms with E-state index in [4.69, 9.17) is 32.0 Å². The molecule has 4 atom stereocenters. The summed E-state index contributed by atoms with van der Waals surface area (Å²) in [5, 5.41) is 3.98. The van der Waals surface area contributed by atoms with Crippen molar-refractivity contribution >= 4 is 44.9 Å². The monoisotopic (exact) mass is 486 g/mol. The molecular formula is C29H31ClN4O. The molecular weight excluding hydrogens is 456 g/mol. The summed E-state index contributed by atoms with van der Waals surface area (Å²) in [6.45, 7) is 7.12. The normalized spacial score (nSPS) is 26.7. The number of halogens is 1. The van der Waals surface area contributed by atoms with Gasteiger partial charge in [0.05, 0.1) is 17.3 Å². The molecule has 5 nitrogen and oxygen atoms in total. The number of hydrogen-bond acceptors (Lipinski definition) is 4. The minimum absolute atomic E-state index is 0.296. The van der Waals surface area contributed by atoms with Crippen molar-refractivity contribution in [3.63, 3.8) is 0 Å². The first-order valence-electron chi connectivity index (χ1n) is 12.5. The van der Waals surface area contributed by atoms with Gasteiger partial charge in [-0.2, -0.15) is 0 Å². The molecule has 4 aromatic rings. The highest BCUT2D eigenvalue weighted by Gasteiger charge is 2.54. The van der Waals surface area contributed by atoms with Gasteiger partial charge in [-0.05, 0) is 67.5 Å². The highest BCUT2D eigenvalue weighted by atomic mass is 35.5. The first-order chi connectivity index (χ1) is 16.8. The first kappa shape index (κ1) is 22.7. The van der Waals surface area contributed by atoms with Gasteiger partial charge in [0, 0.05) is 28.5 Å². The van der Waals surface area contributed by atoms with Crippen molar-refractivity contribution in [2.45, 2.75) is 45.8 Å². The van der Waals surface area contributed by atoms with Crippen molar-refractivity contribution in [3.8, 4) is 11.3 Å². The molecule has 2 aromatic carbocycles. The van der Waals surface area contributed by atoms with Crippen molar-refractivity contribution in [1.29, 1.82) is 0 Å². The summed E-state index contributed by atoms with van der Waals surface area (Å²) >= 11 is 6.83. The maximum atomic E-state index is 6.83. The summed E-state index contributed by atoms with van der Waals surface area (Å²) in [6, 6.07) is 16.8. The maximum absolute atomic E-state index is 6.83. The highest BCUT2D eigenvalue weighted by molar-refractivity contribution is 6.38. The molecule has 6 rings (SSSR count). The van der Waals surface area contributed by atoms with Crippen LogP contribution in [0.5, 0.6) is 0 Å². The number of benzene rings is 2. The van der Waals surface area contributed by atoms with Crippen LogP contribution < -0.4 is 5.73 Å². The lowest BCUT2D eigenvalue weighted by Crippen LogP contribution is -2.48. The molecule has 1 aliphatic heterocycles. The van der Waals surface area contributed by atoms with E-state index >= 15 is 0 Å². The Morgan fingerprint density at radius 2 is 2.00 bits per heavy atom. The zero-order valence-corrected chi connectivity index (χ0v) is 21.2. The van der Waals surface area contributed by atoms with Gasteiger partial charge in [-0.1, -0.05) is 54.9 Å². The van der Waals surface area contributed by atoms with E-state index in [9.17, 15) is 0 Å². The minimum Gasteiger partial charge on any atom is -0.360 e. The van der Waals surface area contributed by atoms with E-state index in [1.807, 2.05) is 19.1 Å². The Hall–Kier alpha value is -2.73. The quantitative estimate of drug-likeness (QED) is 0.300. The Balaban J connectivity index is 1.31. The largest absolute Gasteiger partial charge is 0.360 e. The van der Waals surface area contributed by atoms with Gasteiger partial charge < -0.3 is 15.5 Å². The third-order valence-corrected chi connectivity index (χ3v) is 8.48. The van der Waals surface area contributed by atoms with Crippen LogP contribution in [0.1, 0.15) is 38.7 Å². The number of nitrogens with zero attached hydrogens (tertiary/aromatic N) is 2. The Morgan fingerprint density at radius 3 is 2.83 bits per heavy atom. The van der Waals surface area contributed by atoms with E-state index < -0.39 is 5.72 Å². The molecule has 1 saturated carbocycles. The second-order valence-electron chi connectivity index (χ2n) is 10.5. The predicted molar refractivity (Wildman–Crippen MR) is 144 cm³/mol. The smallest absolute Gasteiger partial charge is 0.157 e. The lowest BCUT2D eigenvalue weighted by Gasteiger charge is -2.31. The van der Waals surface area contributed by atoms with Crippen molar-refractivity contribution in [2.75, 3.05) is 6.61 Å². The zero-order valence-electron chi connectivity index (χ0n) is 20.4. The second kappa shape index (κ2) is 8.44. The topological polar surface area (TPSA) is 76.3 Å². The average Bonchev–Trinajstić information content (AvgIpc) is 3.44. The molecule has 3 N–H and O–H groups in total. The Morgan fingerprint density at radius 1 is 1.20 bits per heavy atom. The van der Waals surface area contributed by atoms with Crippen LogP contribution in [0.15, 0.2) is 53.5 Å². The molecule has 0 bridgehead atoms. The third kappa shape index (κ3) is 3.77. The Bertz CT molecular complexity index is 1470. The number of hydrogen-bond donors (Lipinski definition) is 2. The minimum atomic E-state index is -0.510. The van der Waals surface area contributed by atoms with Crippen molar-refractivity contribution in [2.24, 2.45) is 28.5 Å². The molecule has 2 aliphatic rings. The summed E-state index contributed by atoms with van der Waals surface area (Å²) in [7, 11) is 0. The molecule has 2 unspecified atom stereocenters. The van der Waals surface area contributed by atoms with Gasteiger partial charge in [0.15, 0.2) is 5.82 Å². The Labute approximate surface area is 210 Å². The van der Waals surface area contributed by atoms with E-state index in [1.165, 1.54) is 10.8 Å². The van der Waals surface area contributed by atoms with Crippen LogP contribution >= 0.6 is 11.6 Å². The summed E-state index contributed by atoms with van der Waals surface area (Å²) in [6.07, 6.45) is 3.05. The van der Waals surface area contributed by atoms with Gasteiger partial charge in [-0.25, -0.2) is 9.98 Å². The van der Waals surface area contributed by atoms with E-state index in [0.29, 0.717) is 22.8 Å². The lowest BCUT2D eigenvalue weighted by atomic mass is 9.86. The van der Waals surface area contributed by atoms with Gasteiger partial charge in [0.2, 0.25) is 0 Å². The molecule has 0 spiro atoms. The zero-order chi connectivity index (χ0) is 24.3. The van der Waals surface area contributed by atoms with E-state index in [0.717, 1.165) is 65.3 Å². The van der Waals surface area contributed by atoms with E-state index in [-0.39, 0.29) is 0 Å². The van der Waals surface area contributed by atoms with Crippen molar-refractivity contribution in [3.05, 3.63) is 59.1 Å². The van der Waals surface area contributed by atoms with Gasteiger partial charge in [-0.15, -0.1) is 0 Å². The van der Waals surface area contributed by atoms with Crippen LogP contribution in [0.4, 0.5) is 5.82 Å². The number of pyridine rings is 1. The molecule has 0 amide bonds. The van der Waals surface area contributed by atoms with E-state index in [2.05, 4.69) is 55.2 Å². The van der Waals surface area contributed by atoms with Gasteiger partial charge in [0.25, 0.3) is 0 Å². The molecule has 2 fully saturated rings. The van der Waals surface area contributed by atoms with Crippen LogP contribution in [0.25, 0.3) is 33.1 Å². The van der Waals surface area contributed by atoms with Crippen LogP contribution in [-0.4, -0.2) is 28.0 Å². The van der Waals surface area contributed by atoms with Crippen LogP contribution in [0.3, 0.4) is 0 Å². The molecule has 35 heavy (non-hydrogen) atoms. The number of fused-ring (bicyclic) bond motifs is 3. The van der Waals surface area contributed by atoms with Crippen LogP contribution in [0, 0.1) is 24.7 Å². The van der Waals surface area contributed by atoms with E-state index in [1.54, 1.807) is 0 Å². The lowest BCUT2D eigenvalue weighted by molar-refractivity contribution is -0.0377. The SMILES string of the molecule is CC(CC1CC[C@@H]2C(C)CO[C@]12N)=Nc1nc2[nH]c(-c3ccc4ccccc4c3)c(Cl)c2cc1C. The molecule has 1 saturated heterocycles. The number of rotatable bonds is 4. The number of aromatic amines is 1. The molecule has 2 aromatic heterocycles. The fourth-order valence-corrected chi connectivity index (χ4v) is 6.46.